The van der Waals surface area contributed by atoms with E-state index in [-0.39, 0.29) is 28.2 Å². The summed E-state index contributed by atoms with van der Waals surface area (Å²) >= 11 is 1.76. The lowest BCUT2D eigenvalue weighted by atomic mass is 9.86. The van der Waals surface area contributed by atoms with E-state index in [9.17, 15) is 13.2 Å². The minimum Gasteiger partial charge on any atom is -0.335 e. The molecule has 0 amide bonds. The smallest absolute Gasteiger partial charge is 0.335 e. The lowest BCUT2D eigenvalue weighted by Crippen LogP contribution is -2.30. The summed E-state index contributed by atoms with van der Waals surface area (Å²) in [6, 6.07) is 5.42. The van der Waals surface area contributed by atoms with Crippen molar-refractivity contribution in [2.45, 2.75) is 63.4 Å². The molecule has 0 aliphatic heterocycles. The fourth-order valence-electron chi connectivity index (χ4n) is 3.30. The highest BCUT2D eigenvalue weighted by Gasteiger charge is 2.31. The molecule has 1 aliphatic carbocycles. The van der Waals surface area contributed by atoms with E-state index < -0.39 is 11.7 Å². The minimum atomic E-state index is -4.40. The monoisotopic (exact) mass is 428 g/mol. The fraction of sp³-hybridized carbons (Fsp3) is 0.600. The predicted octanol–water partition coefficient (Wildman–Crippen LogP) is 5.76. The number of alkyl halides is 3. The summed E-state index contributed by atoms with van der Waals surface area (Å²) < 4.78 is 47.5. The number of halogens is 3. The fourth-order valence-corrected chi connectivity index (χ4v) is 4.05. The molecule has 9 heteroatoms. The van der Waals surface area contributed by atoms with Crippen molar-refractivity contribution >= 4 is 18.0 Å². The Hall–Kier alpha value is -1.74. The number of nitrogens with zero attached hydrogens (tertiary/aromatic N) is 2. The van der Waals surface area contributed by atoms with Crippen molar-refractivity contribution in [3.63, 3.8) is 0 Å². The molecular formula is C20H27F3N4OS. The average molecular weight is 429 g/mol. The number of hydrogen-bond acceptors (Lipinski definition) is 6. The van der Waals surface area contributed by atoms with E-state index in [1.165, 1.54) is 12.1 Å². The number of aromatic nitrogens is 2. The first-order chi connectivity index (χ1) is 13.6. The predicted molar refractivity (Wildman–Crippen MR) is 109 cm³/mol. The second-order valence-corrected chi connectivity index (χ2v) is 10.1. The molecule has 5 nitrogen and oxygen atoms in total. The van der Waals surface area contributed by atoms with Crippen LogP contribution in [0.4, 0.5) is 19.2 Å². The van der Waals surface area contributed by atoms with Crippen LogP contribution in [0.25, 0.3) is 11.4 Å². The number of anilines is 1. The maximum absolute atomic E-state index is 12.9. The summed E-state index contributed by atoms with van der Waals surface area (Å²) in [5.41, 5.74) is -0.450. The van der Waals surface area contributed by atoms with Gasteiger partial charge in [0.2, 0.25) is 5.82 Å². The van der Waals surface area contributed by atoms with E-state index >= 15 is 0 Å². The van der Waals surface area contributed by atoms with Crippen LogP contribution in [0.1, 0.15) is 52.0 Å². The van der Waals surface area contributed by atoms with E-state index in [1.807, 2.05) is 0 Å². The Bertz CT molecular complexity index is 796. The van der Waals surface area contributed by atoms with Crippen LogP contribution < -0.4 is 10.0 Å². The molecule has 3 rings (SSSR count). The summed E-state index contributed by atoms with van der Waals surface area (Å²) in [6.07, 6.45) is -0.213. The van der Waals surface area contributed by atoms with Crippen molar-refractivity contribution in [1.29, 1.82) is 0 Å². The third kappa shape index (κ3) is 6.64. The van der Waals surface area contributed by atoms with Crippen molar-refractivity contribution in [3.05, 3.63) is 29.8 Å². The lowest BCUT2D eigenvalue weighted by Gasteiger charge is -2.29. The van der Waals surface area contributed by atoms with Crippen LogP contribution in [0.15, 0.2) is 28.8 Å². The van der Waals surface area contributed by atoms with Crippen molar-refractivity contribution in [2.24, 2.45) is 5.92 Å². The van der Waals surface area contributed by atoms with Gasteiger partial charge in [-0.25, -0.2) is 0 Å². The van der Waals surface area contributed by atoms with Gasteiger partial charge in [-0.2, -0.15) is 18.2 Å². The van der Waals surface area contributed by atoms with Crippen molar-refractivity contribution in [2.75, 3.05) is 11.9 Å². The molecule has 1 fully saturated rings. The summed E-state index contributed by atoms with van der Waals surface area (Å²) in [6.45, 7) is 7.55. The van der Waals surface area contributed by atoms with E-state index in [2.05, 4.69) is 41.0 Å². The molecule has 2 N–H and O–H groups in total. The summed E-state index contributed by atoms with van der Waals surface area (Å²) in [5, 5.41) is 7.05. The third-order valence-electron chi connectivity index (χ3n) is 4.80. The Morgan fingerprint density at radius 1 is 1.14 bits per heavy atom. The van der Waals surface area contributed by atoms with Gasteiger partial charge in [0.15, 0.2) is 0 Å². The molecule has 1 saturated carbocycles. The maximum Gasteiger partial charge on any atom is 0.416 e. The van der Waals surface area contributed by atoms with Gasteiger partial charge in [0.1, 0.15) is 0 Å². The standard InChI is InChI=1S/C20H27F3N4OS/c1-19(2,3)29-24-12-13-7-9-16(10-8-13)25-18-26-17(27-28-18)14-5-4-6-15(11-14)20(21,22)23/h4-6,11,13,16,24H,7-10,12H2,1-3H3,(H,25,26,27). The highest BCUT2D eigenvalue weighted by Crippen LogP contribution is 2.32. The first-order valence-electron chi connectivity index (χ1n) is 9.79. The van der Waals surface area contributed by atoms with Crippen LogP contribution in [0.5, 0.6) is 0 Å². The second-order valence-electron chi connectivity index (χ2n) is 8.43. The van der Waals surface area contributed by atoms with Gasteiger partial charge in [-0.3, -0.25) is 4.72 Å². The topological polar surface area (TPSA) is 63.0 Å². The van der Waals surface area contributed by atoms with Crippen LogP contribution >= 0.6 is 11.9 Å². The number of hydrogen-bond donors (Lipinski definition) is 2. The molecule has 1 aromatic carbocycles. The second kappa shape index (κ2) is 8.95. The number of rotatable bonds is 6. The highest BCUT2D eigenvalue weighted by molar-refractivity contribution is 7.98. The van der Waals surface area contributed by atoms with Gasteiger partial charge in [0.05, 0.1) is 5.56 Å². The molecule has 2 aromatic rings. The first-order valence-corrected chi connectivity index (χ1v) is 10.6. The summed E-state index contributed by atoms with van der Waals surface area (Å²) in [7, 11) is 0. The van der Waals surface area contributed by atoms with Crippen LogP contribution in [-0.4, -0.2) is 27.5 Å². The van der Waals surface area contributed by atoms with Gasteiger partial charge in [0, 0.05) is 22.9 Å². The molecular weight excluding hydrogens is 401 g/mol. The van der Waals surface area contributed by atoms with Gasteiger partial charge < -0.3 is 9.84 Å². The largest absolute Gasteiger partial charge is 0.416 e. The minimum absolute atomic E-state index is 0.149. The first kappa shape index (κ1) is 22.0. The summed E-state index contributed by atoms with van der Waals surface area (Å²) in [4.78, 5) is 4.22. The maximum atomic E-state index is 12.9. The van der Waals surface area contributed by atoms with E-state index in [1.54, 1.807) is 11.9 Å². The molecule has 29 heavy (non-hydrogen) atoms. The lowest BCUT2D eigenvalue weighted by molar-refractivity contribution is -0.137. The third-order valence-corrected chi connectivity index (χ3v) is 5.72. The molecule has 1 aromatic heterocycles. The molecule has 1 heterocycles. The van der Waals surface area contributed by atoms with Crippen molar-refractivity contribution in [3.8, 4) is 11.4 Å². The normalized spacial score (nSPS) is 20.6. The van der Waals surface area contributed by atoms with Crippen LogP contribution in [-0.2, 0) is 6.18 Å². The Kier molecular flexibility index (Phi) is 6.78. The number of benzene rings is 1. The average Bonchev–Trinajstić information content (AvgIpc) is 3.10. The number of nitrogens with one attached hydrogen (secondary N) is 2. The Morgan fingerprint density at radius 3 is 2.52 bits per heavy atom. The zero-order valence-electron chi connectivity index (χ0n) is 16.8. The Balaban J connectivity index is 1.50. The van der Waals surface area contributed by atoms with Gasteiger partial charge in [0.25, 0.3) is 0 Å². The zero-order chi connectivity index (χ0) is 21.1. The van der Waals surface area contributed by atoms with E-state index in [0.29, 0.717) is 5.92 Å². The molecule has 0 unspecified atom stereocenters. The molecule has 1 aliphatic rings. The van der Waals surface area contributed by atoms with E-state index in [4.69, 9.17) is 4.52 Å². The van der Waals surface area contributed by atoms with Crippen LogP contribution in [0, 0.1) is 5.92 Å². The van der Waals surface area contributed by atoms with Crippen LogP contribution in [0.2, 0.25) is 0 Å². The van der Waals surface area contributed by atoms with Gasteiger partial charge in [-0.05, 0) is 64.5 Å². The quantitative estimate of drug-likeness (QED) is 0.570. The molecule has 0 radical (unpaired) electrons. The highest BCUT2D eigenvalue weighted by atomic mass is 32.2. The molecule has 0 atom stereocenters. The molecule has 0 saturated heterocycles. The van der Waals surface area contributed by atoms with Gasteiger partial charge in [-0.1, -0.05) is 29.2 Å². The zero-order valence-corrected chi connectivity index (χ0v) is 17.7. The van der Waals surface area contributed by atoms with Gasteiger partial charge >= 0.3 is 12.2 Å². The van der Waals surface area contributed by atoms with Crippen molar-refractivity contribution < 1.29 is 17.7 Å². The van der Waals surface area contributed by atoms with E-state index in [0.717, 1.165) is 44.4 Å². The Labute approximate surface area is 173 Å². The van der Waals surface area contributed by atoms with Crippen LogP contribution in [0.3, 0.4) is 0 Å². The summed E-state index contributed by atoms with van der Waals surface area (Å²) in [5.74, 6) is 0.793. The Morgan fingerprint density at radius 2 is 1.86 bits per heavy atom. The van der Waals surface area contributed by atoms with Gasteiger partial charge in [-0.15, -0.1) is 0 Å². The molecule has 0 bridgehead atoms. The molecule has 160 valence electrons. The van der Waals surface area contributed by atoms with Crippen molar-refractivity contribution in [1.82, 2.24) is 14.9 Å². The molecule has 0 spiro atoms. The SMILES string of the molecule is CC(C)(C)SNCC1CCC(Nc2nc(-c3cccc(C(F)(F)F)c3)no2)CC1.